The summed E-state index contributed by atoms with van der Waals surface area (Å²) in [6.07, 6.45) is 0. The highest BCUT2D eigenvalue weighted by atomic mass is 32.1. The van der Waals surface area contributed by atoms with Crippen molar-refractivity contribution in [3.05, 3.63) is 46.5 Å². The van der Waals surface area contributed by atoms with Crippen molar-refractivity contribution in [3.63, 3.8) is 0 Å². The standard InChI is InChI=1S/C16H16S/c1-9-5-11(3)15-13(7-9)14-8-10(2)6-12(4)16(14)17-15/h5-8H,1-4H3. The van der Waals surface area contributed by atoms with Gasteiger partial charge in [-0.3, -0.25) is 0 Å². The lowest BCUT2D eigenvalue weighted by Gasteiger charge is -2.00. The Bertz CT molecular complexity index is 670. The minimum absolute atomic E-state index is 1.36. The number of hydrogen-bond acceptors (Lipinski definition) is 1. The van der Waals surface area contributed by atoms with Crippen LogP contribution >= 0.6 is 11.3 Å². The molecule has 0 aliphatic heterocycles. The highest BCUT2D eigenvalue weighted by Crippen LogP contribution is 2.38. The molecule has 1 heteroatoms. The molecule has 0 aliphatic carbocycles. The Morgan fingerprint density at radius 1 is 0.647 bits per heavy atom. The molecule has 0 bridgehead atoms. The first-order valence-electron chi connectivity index (χ1n) is 5.97. The number of rotatable bonds is 0. The molecule has 17 heavy (non-hydrogen) atoms. The molecule has 1 heterocycles. The molecule has 0 aliphatic rings. The lowest BCUT2D eigenvalue weighted by Crippen LogP contribution is -1.78. The van der Waals surface area contributed by atoms with Crippen LogP contribution in [0.2, 0.25) is 0 Å². The first-order chi connectivity index (χ1) is 8.06. The molecule has 86 valence electrons. The van der Waals surface area contributed by atoms with Crippen LogP contribution in [0, 0.1) is 27.7 Å². The van der Waals surface area contributed by atoms with Crippen molar-refractivity contribution < 1.29 is 0 Å². The number of benzene rings is 2. The summed E-state index contributed by atoms with van der Waals surface area (Å²) in [7, 11) is 0. The van der Waals surface area contributed by atoms with Gasteiger partial charge in [0.2, 0.25) is 0 Å². The molecule has 1 aromatic heterocycles. The van der Waals surface area contributed by atoms with Gasteiger partial charge in [0, 0.05) is 20.2 Å². The molecule has 0 nitrogen and oxygen atoms in total. The number of aryl methyl sites for hydroxylation is 4. The maximum absolute atomic E-state index is 2.32. The second kappa shape index (κ2) is 3.58. The monoisotopic (exact) mass is 240 g/mol. The second-order valence-electron chi connectivity index (χ2n) is 5.02. The van der Waals surface area contributed by atoms with Gasteiger partial charge in [0.1, 0.15) is 0 Å². The van der Waals surface area contributed by atoms with Crippen LogP contribution in [-0.4, -0.2) is 0 Å². The molecule has 0 spiro atoms. The van der Waals surface area contributed by atoms with Crippen molar-refractivity contribution in [2.45, 2.75) is 27.7 Å². The molecular formula is C16H16S. The topological polar surface area (TPSA) is 0 Å². The van der Waals surface area contributed by atoms with Crippen molar-refractivity contribution in [3.8, 4) is 0 Å². The minimum Gasteiger partial charge on any atom is -0.135 e. The zero-order chi connectivity index (χ0) is 12.2. The maximum Gasteiger partial charge on any atom is 0.0384 e. The molecule has 0 atom stereocenters. The van der Waals surface area contributed by atoms with Gasteiger partial charge in [-0.05, 0) is 51.0 Å². The van der Waals surface area contributed by atoms with E-state index < -0.39 is 0 Å². The van der Waals surface area contributed by atoms with E-state index in [1.165, 1.54) is 42.4 Å². The van der Waals surface area contributed by atoms with E-state index in [2.05, 4.69) is 52.0 Å². The van der Waals surface area contributed by atoms with E-state index in [-0.39, 0.29) is 0 Å². The first kappa shape index (κ1) is 10.8. The molecule has 0 unspecified atom stereocenters. The molecule has 0 saturated heterocycles. The lowest BCUT2D eigenvalue weighted by atomic mass is 10.0. The largest absolute Gasteiger partial charge is 0.135 e. The van der Waals surface area contributed by atoms with Crippen LogP contribution in [0.1, 0.15) is 22.3 Å². The third kappa shape index (κ3) is 1.57. The van der Waals surface area contributed by atoms with Gasteiger partial charge in [-0.1, -0.05) is 23.3 Å². The van der Waals surface area contributed by atoms with Gasteiger partial charge in [0.05, 0.1) is 0 Å². The van der Waals surface area contributed by atoms with E-state index in [4.69, 9.17) is 0 Å². The van der Waals surface area contributed by atoms with Crippen LogP contribution in [-0.2, 0) is 0 Å². The maximum atomic E-state index is 2.32. The molecular weight excluding hydrogens is 224 g/mol. The molecule has 0 saturated carbocycles. The summed E-state index contributed by atoms with van der Waals surface area (Å²) in [4.78, 5) is 0. The fourth-order valence-corrected chi connectivity index (χ4v) is 3.88. The summed E-state index contributed by atoms with van der Waals surface area (Å²) < 4.78 is 2.89. The van der Waals surface area contributed by atoms with Gasteiger partial charge in [0.25, 0.3) is 0 Å². The Morgan fingerprint density at radius 3 is 1.47 bits per heavy atom. The molecule has 2 aromatic carbocycles. The van der Waals surface area contributed by atoms with Crippen LogP contribution in [0.4, 0.5) is 0 Å². The van der Waals surface area contributed by atoms with E-state index in [1.807, 2.05) is 11.3 Å². The zero-order valence-corrected chi connectivity index (χ0v) is 11.5. The van der Waals surface area contributed by atoms with E-state index >= 15 is 0 Å². The molecule has 3 rings (SSSR count). The molecule has 0 N–H and O–H groups in total. The zero-order valence-electron chi connectivity index (χ0n) is 10.7. The summed E-state index contributed by atoms with van der Waals surface area (Å²) >= 11 is 1.93. The van der Waals surface area contributed by atoms with Crippen LogP contribution in [0.3, 0.4) is 0 Å². The average Bonchev–Trinajstić information content (AvgIpc) is 2.58. The second-order valence-corrected chi connectivity index (χ2v) is 6.04. The van der Waals surface area contributed by atoms with Crippen molar-refractivity contribution in [1.29, 1.82) is 0 Å². The van der Waals surface area contributed by atoms with E-state index in [1.54, 1.807) is 0 Å². The van der Waals surface area contributed by atoms with Gasteiger partial charge >= 0.3 is 0 Å². The predicted octanol–water partition coefficient (Wildman–Crippen LogP) is 5.29. The molecule has 3 aromatic rings. The summed E-state index contributed by atoms with van der Waals surface area (Å²) in [5.74, 6) is 0. The Balaban J connectivity index is 2.60. The molecule has 0 amide bonds. The molecule has 0 fully saturated rings. The van der Waals surface area contributed by atoms with Gasteiger partial charge in [0.15, 0.2) is 0 Å². The fourth-order valence-electron chi connectivity index (χ4n) is 2.68. The van der Waals surface area contributed by atoms with E-state index in [0.29, 0.717) is 0 Å². The van der Waals surface area contributed by atoms with Gasteiger partial charge < -0.3 is 0 Å². The Hall–Kier alpha value is -1.34. The van der Waals surface area contributed by atoms with Gasteiger partial charge in [-0.25, -0.2) is 0 Å². The molecule has 0 radical (unpaired) electrons. The number of hydrogen-bond donors (Lipinski definition) is 0. The smallest absolute Gasteiger partial charge is 0.0384 e. The lowest BCUT2D eigenvalue weighted by molar-refractivity contribution is 1.44. The van der Waals surface area contributed by atoms with Crippen molar-refractivity contribution in [2.75, 3.05) is 0 Å². The Morgan fingerprint density at radius 2 is 1.06 bits per heavy atom. The van der Waals surface area contributed by atoms with Crippen LogP contribution in [0.25, 0.3) is 20.2 Å². The Kier molecular flexibility index (Phi) is 2.27. The summed E-state index contributed by atoms with van der Waals surface area (Å²) in [5.41, 5.74) is 5.51. The van der Waals surface area contributed by atoms with Crippen molar-refractivity contribution in [2.24, 2.45) is 0 Å². The van der Waals surface area contributed by atoms with Crippen LogP contribution in [0.15, 0.2) is 24.3 Å². The third-order valence-electron chi connectivity index (χ3n) is 3.33. The highest BCUT2D eigenvalue weighted by molar-refractivity contribution is 7.26. The Labute approximate surface area is 106 Å². The fraction of sp³-hybridized carbons (Fsp3) is 0.250. The van der Waals surface area contributed by atoms with Crippen molar-refractivity contribution >= 4 is 31.5 Å². The third-order valence-corrected chi connectivity index (χ3v) is 4.82. The van der Waals surface area contributed by atoms with E-state index in [9.17, 15) is 0 Å². The summed E-state index contributed by atoms with van der Waals surface area (Å²) in [6, 6.07) is 9.19. The normalized spacial score (nSPS) is 11.5. The number of fused-ring (bicyclic) bond motifs is 3. The summed E-state index contributed by atoms with van der Waals surface area (Å²) in [6.45, 7) is 8.79. The quantitative estimate of drug-likeness (QED) is 0.501. The number of thiophene rings is 1. The van der Waals surface area contributed by atoms with Gasteiger partial charge in [-0.2, -0.15) is 0 Å². The van der Waals surface area contributed by atoms with Crippen LogP contribution in [0.5, 0.6) is 0 Å². The first-order valence-corrected chi connectivity index (χ1v) is 6.78. The van der Waals surface area contributed by atoms with Crippen LogP contribution < -0.4 is 0 Å². The predicted molar refractivity (Wildman–Crippen MR) is 78.3 cm³/mol. The van der Waals surface area contributed by atoms with Gasteiger partial charge in [-0.15, -0.1) is 11.3 Å². The SMILES string of the molecule is Cc1cc(C)c2sc3c(C)cc(C)cc3c2c1. The highest BCUT2D eigenvalue weighted by Gasteiger charge is 2.09. The van der Waals surface area contributed by atoms with E-state index in [0.717, 1.165) is 0 Å². The minimum atomic E-state index is 1.36. The van der Waals surface area contributed by atoms with Crippen molar-refractivity contribution in [1.82, 2.24) is 0 Å². The average molecular weight is 240 g/mol. The summed E-state index contributed by atoms with van der Waals surface area (Å²) in [5, 5.41) is 2.85.